The predicted octanol–water partition coefficient (Wildman–Crippen LogP) is 11.6. The summed E-state index contributed by atoms with van der Waals surface area (Å²) in [7, 11) is 0. The lowest BCUT2D eigenvalue weighted by Crippen LogP contribution is -2.15. The molecule has 0 saturated heterocycles. The van der Waals surface area contributed by atoms with E-state index in [0.29, 0.717) is 0 Å². The topological polar surface area (TPSA) is 63.8 Å². The number of hydrogen-bond donors (Lipinski definition) is 1. The van der Waals surface area contributed by atoms with E-state index >= 15 is 0 Å². The van der Waals surface area contributed by atoms with E-state index in [1.165, 1.54) is 22.1 Å². The molecular weight excluding hydrogens is 613 g/mol. The van der Waals surface area contributed by atoms with E-state index in [-0.39, 0.29) is 22.0 Å². The molecule has 0 bridgehead atoms. The van der Waals surface area contributed by atoms with E-state index in [4.69, 9.17) is 15.0 Å². The van der Waals surface area contributed by atoms with Gasteiger partial charge in [0, 0.05) is 45.7 Å². The first kappa shape index (κ1) is 33.2. The largest absolute Gasteiger partial charge is 0.507 e. The summed E-state index contributed by atoms with van der Waals surface area (Å²) in [6.07, 6.45) is 3.74. The fourth-order valence-electron chi connectivity index (χ4n) is 6.83. The minimum absolute atomic E-state index is 0.0220. The SMILES string of the molecule is CC(C)(C)c1ccc(-n2c(-c3cccc(-c4cc(C(C)(C)C)cc5c(C(C)(C)C)ccnc45)c3)nc3c(-c4ccccc4O)ccnc32)cc1. The van der Waals surface area contributed by atoms with Crippen molar-refractivity contribution in [2.75, 3.05) is 0 Å². The molecule has 0 aliphatic rings. The van der Waals surface area contributed by atoms with Crippen LogP contribution in [-0.2, 0) is 16.2 Å². The second-order valence-electron chi connectivity index (χ2n) is 16.5. The average molecular weight is 659 g/mol. The van der Waals surface area contributed by atoms with Crippen LogP contribution in [-0.4, -0.2) is 24.6 Å². The number of imidazole rings is 1. The summed E-state index contributed by atoms with van der Waals surface area (Å²) in [4.78, 5) is 15.2. The summed E-state index contributed by atoms with van der Waals surface area (Å²) in [6, 6.07) is 33.5. The Bertz CT molecular complexity index is 2380. The lowest BCUT2D eigenvalue weighted by atomic mass is 9.80. The summed E-state index contributed by atoms with van der Waals surface area (Å²) in [5.41, 5.74) is 11.9. The molecule has 0 fully saturated rings. The monoisotopic (exact) mass is 658 g/mol. The van der Waals surface area contributed by atoms with Gasteiger partial charge < -0.3 is 5.11 Å². The van der Waals surface area contributed by atoms with Gasteiger partial charge in [-0.3, -0.25) is 9.55 Å². The molecule has 5 nitrogen and oxygen atoms in total. The molecule has 0 atom stereocenters. The molecule has 252 valence electrons. The zero-order valence-corrected chi connectivity index (χ0v) is 30.6. The fourth-order valence-corrected chi connectivity index (χ4v) is 6.83. The van der Waals surface area contributed by atoms with Gasteiger partial charge in [0.05, 0.1) is 5.52 Å². The van der Waals surface area contributed by atoms with Crippen molar-refractivity contribution in [1.29, 1.82) is 0 Å². The normalized spacial score (nSPS) is 12.6. The highest BCUT2D eigenvalue weighted by Crippen LogP contribution is 2.41. The van der Waals surface area contributed by atoms with E-state index in [2.05, 4.69) is 134 Å². The first-order valence-electron chi connectivity index (χ1n) is 17.4. The molecule has 0 aliphatic heterocycles. The number of rotatable bonds is 4. The van der Waals surface area contributed by atoms with Crippen LogP contribution in [0.25, 0.3) is 61.4 Å². The summed E-state index contributed by atoms with van der Waals surface area (Å²) >= 11 is 0. The Morgan fingerprint density at radius 2 is 1.22 bits per heavy atom. The van der Waals surface area contributed by atoms with Crippen LogP contribution in [0.2, 0.25) is 0 Å². The van der Waals surface area contributed by atoms with Crippen LogP contribution in [0.4, 0.5) is 0 Å². The van der Waals surface area contributed by atoms with Crippen molar-refractivity contribution in [2.45, 2.75) is 78.6 Å². The Hall–Kier alpha value is -5.29. The predicted molar refractivity (Wildman–Crippen MR) is 208 cm³/mol. The molecule has 7 aromatic rings. The van der Waals surface area contributed by atoms with Crippen LogP contribution in [0, 0.1) is 0 Å². The number of hydrogen-bond acceptors (Lipinski definition) is 4. The number of phenolic OH excluding ortho intramolecular Hbond substituents is 1. The average Bonchev–Trinajstić information content (AvgIpc) is 3.47. The van der Waals surface area contributed by atoms with Gasteiger partial charge in [-0.15, -0.1) is 0 Å². The quantitative estimate of drug-likeness (QED) is 0.204. The van der Waals surface area contributed by atoms with Gasteiger partial charge in [-0.1, -0.05) is 111 Å². The summed E-state index contributed by atoms with van der Waals surface area (Å²) in [5, 5.41) is 12.1. The fraction of sp³-hybridized carbons (Fsp3) is 0.267. The maximum Gasteiger partial charge on any atom is 0.165 e. The van der Waals surface area contributed by atoms with Crippen molar-refractivity contribution in [1.82, 2.24) is 19.5 Å². The first-order valence-corrected chi connectivity index (χ1v) is 17.4. The number of aromatic nitrogens is 4. The van der Waals surface area contributed by atoms with E-state index < -0.39 is 0 Å². The maximum atomic E-state index is 10.9. The molecule has 0 saturated carbocycles. The second kappa shape index (κ2) is 11.9. The van der Waals surface area contributed by atoms with E-state index in [0.717, 1.165) is 56.0 Å². The molecule has 50 heavy (non-hydrogen) atoms. The molecular formula is C45H46N4O. The molecule has 0 aliphatic carbocycles. The van der Waals surface area contributed by atoms with E-state index in [1.54, 1.807) is 12.3 Å². The Balaban J connectivity index is 1.50. The van der Waals surface area contributed by atoms with Crippen molar-refractivity contribution in [3.05, 3.63) is 126 Å². The molecule has 5 heteroatoms. The van der Waals surface area contributed by atoms with Crippen molar-refractivity contribution in [3.8, 4) is 45.1 Å². The number of aromatic hydroxyl groups is 1. The number of fused-ring (bicyclic) bond motifs is 2. The molecule has 7 rings (SSSR count). The summed E-state index contributed by atoms with van der Waals surface area (Å²) in [5.74, 6) is 0.987. The van der Waals surface area contributed by atoms with Crippen LogP contribution in [0.1, 0.15) is 79.0 Å². The highest BCUT2D eigenvalue weighted by Gasteiger charge is 2.24. The Kier molecular flexibility index (Phi) is 7.93. The third kappa shape index (κ3) is 5.95. The van der Waals surface area contributed by atoms with Crippen molar-refractivity contribution in [2.24, 2.45) is 0 Å². The third-order valence-corrected chi connectivity index (χ3v) is 9.68. The third-order valence-electron chi connectivity index (χ3n) is 9.68. The smallest absolute Gasteiger partial charge is 0.165 e. The summed E-state index contributed by atoms with van der Waals surface area (Å²) in [6.45, 7) is 20.3. The maximum absolute atomic E-state index is 10.9. The van der Waals surface area contributed by atoms with Crippen LogP contribution in [0.5, 0.6) is 5.75 Å². The molecule has 0 unspecified atom stereocenters. The van der Waals surface area contributed by atoms with Gasteiger partial charge in [-0.05, 0) is 87.0 Å². The van der Waals surface area contributed by atoms with E-state index in [1.807, 2.05) is 30.5 Å². The molecule has 0 spiro atoms. The van der Waals surface area contributed by atoms with Gasteiger partial charge >= 0.3 is 0 Å². The molecule has 0 amide bonds. The highest BCUT2D eigenvalue weighted by atomic mass is 16.3. The Morgan fingerprint density at radius 1 is 0.540 bits per heavy atom. The van der Waals surface area contributed by atoms with Gasteiger partial charge in [0.1, 0.15) is 17.1 Å². The zero-order chi connectivity index (χ0) is 35.6. The lowest BCUT2D eigenvalue weighted by molar-refractivity contribution is 0.477. The first-order chi connectivity index (χ1) is 23.6. The van der Waals surface area contributed by atoms with Crippen molar-refractivity contribution >= 4 is 22.1 Å². The number of pyridine rings is 2. The molecule has 3 aromatic heterocycles. The lowest BCUT2D eigenvalue weighted by Gasteiger charge is -2.25. The van der Waals surface area contributed by atoms with Gasteiger partial charge in [-0.25, -0.2) is 9.97 Å². The molecule has 0 radical (unpaired) electrons. The minimum Gasteiger partial charge on any atom is -0.507 e. The number of nitrogens with zero attached hydrogens (tertiary/aromatic N) is 4. The summed E-state index contributed by atoms with van der Waals surface area (Å²) < 4.78 is 2.14. The van der Waals surface area contributed by atoms with Crippen LogP contribution < -0.4 is 0 Å². The van der Waals surface area contributed by atoms with E-state index in [9.17, 15) is 5.11 Å². The molecule has 1 N–H and O–H groups in total. The number of para-hydroxylation sites is 1. The number of phenols is 1. The van der Waals surface area contributed by atoms with Crippen molar-refractivity contribution in [3.63, 3.8) is 0 Å². The molecule has 3 heterocycles. The van der Waals surface area contributed by atoms with Gasteiger partial charge in [0.25, 0.3) is 0 Å². The Labute approximate surface area is 295 Å². The highest BCUT2D eigenvalue weighted by molar-refractivity contribution is 5.98. The van der Waals surface area contributed by atoms with Gasteiger partial charge in [-0.2, -0.15) is 0 Å². The van der Waals surface area contributed by atoms with Crippen LogP contribution >= 0.6 is 0 Å². The standard InChI is InChI=1S/C45H46N4O/c1-43(2,3)30-17-19-32(20-18-30)49-41(48-40-34(21-23-47-42(40)49)33-15-10-11-16-38(33)50)29-14-12-13-28(25-29)35-26-31(44(4,5)6)27-36-37(45(7,8)9)22-24-46-39(35)36/h10-27,50H,1-9H3. The molecule has 4 aromatic carbocycles. The van der Waals surface area contributed by atoms with Gasteiger partial charge in [0.2, 0.25) is 0 Å². The zero-order valence-electron chi connectivity index (χ0n) is 30.6. The van der Waals surface area contributed by atoms with Crippen molar-refractivity contribution < 1.29 is 5.11 Å². The minimum atomic E-state index is -0.0518. The van der Waals surface area contributed by atoms with Crippen LogP contribution in [0.3, 0.4) is 0 Å². The van der Waals surface area contributed by atoms with Gasteiger partial charge in [0.15, 0.2) is 5.65 Å². The second-order valence-corrected chi connectivity index (χ2v) is 16.5. The van der Waals surface area contributed by atoms with Crippen LogP contribution in [0.15, 0.2) is 109 Å². The Morgan fingerprint density at radius 3 is 1.90 bits per heavy atom. The number of benzene rings is 4.